The Morgan fingerprint density at radius 1 is 1.16 bits per heavy atom. The van der Waals surface area contributed by atoms with Gasteiger partial charge in [0, 0.05) is 23.6 Å². The van der Waals surface area contributed by atoms with Gasteiger partial charge in [-0.1, -0.05) is 55.4 Å². The lowest BCUT2D eigenvalue weighted by Gasteiger charge is -2.09. The monoisotopic (exact) mass is 446 g/mol. The fraction of sp³-hybridized carbons (Fsp3) is 0.240. The van der Waals surface area contributed by atoms with Gasteiger partial charge >= 0.3 is 0 Å². The van der Waals surface area contributed by atoms with E-state index in [4.69, 9.17) is 9.84 Å². The molecule has 0 aliphatic carbocycles. The Labute approximate surface area is 192 Å². The number of anilines is 1. The molecular weight excluding hydrogens is 420 g/mol. The minimum atomic E-state index is -0.0671. The zero-order chi connectivity index (χ0) is 22.3. The average molecular weight is 447 g/mol. The van der Waals surface area contributed by atoms with Crippen molar-refractivity contribution >= 4 is 28.9 Å². The van der Waals surface area contributed by atoms with Crippen molar-refractivity contribution in [1.29, 1.82) is 0 Å². The summed E-state index contributed by atoms with van der Waals surface area (Å²) in [6, 6.07) is 17.7. The third-order valence-electron chi connectivity index (χ3n) is 5.03. The molecule has 4 aromatic rings. The molecule has 0 fully saturated rings. The van der Waals surface area contributed by atoms with Crippen molar-refractivity contribution in [3.63, 3.8) is 0 Å². The van der Waals surface area contributed by atoms with Crippen LogP contribution < -0.4 is 10.1 Å². The maximum Gasteiger partial charge on any atom is 0.234 e. The van der Waals surface area contributed by atoms with Crippen molar-refractivity contribution in [3.05, 3.63) is 72.6 Å². The van der Waals surface area contributed by atoms with Gasteiger partial charge < -0.3 is 10.1 Å². The SMILES string of the molecule is CCCCOc1ccccc1-c1cc2c(SCC(=O)Nc3ccccc3C)nccn2n1. The predicted octanol–water partition coefficient (Wildman–Crippen LogP) is 5.61. The van der Waals surface area contributed by atoms with E-state index in [0.717, 1.165) is 51.6 Å². The Morgan fingerprint density at radius 2 is 1.97 bits per heavy atom. The summed E-state index contributed by atoms with van der Waals surface area (Å²) >= 11 is 1.40. The fourth-order valence-corrected chi connectivity index (χ4v) is 4.08. The van der Waals surface area contributed by atoms with Crippen molar-refractivity contribution in [3.8, 4) is 17.0 Å². The number of para-hydroxylation sites is 2. The first kappa shape index (κ1) is 21.9. The van der Waals surface area contributed by atoms with Gasteiger partial charge in [-0.15, -0.1) is 0 Å². The van der Waals surface area contributed by atoms with E-state index in [1.807, 2.05) is 67.7 Å². The molecule has 0 aliphatic rings. The first-order valence-corrected chi connectivity index (χ1v) is 11.7. The number of nitrogens with zero attached hydrogens (tertiary/aromatic N) is 3. The van der Waals surface area contributed by atoms with E-state index in [9.17, 15) is 4.79 Å². The molecule has 1 N–H and O–H groups in total. The maximum atomic E-state index is 12.5. The standard InChI is InChI=1S/C25H26N4O2S/c1-3-4-15-31-23-12-8-6-10-19(23)21-16-22-25(26-13-14-29(22)28-21)32-17-24(30)27-20-11-7-5-9-18(20)2/h5-14,16H,3-4,15,17H2,1-2H3,(H,27,30). The van der Waals surface area contributed by atoms with E-state index in [1.54, 1.807) is 10.7 Å². The highest BCUT2D eigenvalue weighted by atomic mass is 32.2. The van der Waals surface area contributed by atoms with Gasteiger partial charge in [0.25, 0.3) is 0 Å². The van der Waals surface area contributed by atoms with Crippen LogP contribution in [0.4, 0.5) is 5.69 Å². The fourth-order valence-electron chi connectivity index (χ4n) is 3.30. The highest BCUT2D eigenvalue weighted by molar-refractivity contribution is 8.00. The number of rotatable bonds is 9. The van der Waals surface area contributed by atoms with E-state index < -0.39 is 0 Å². The van der Waals surface area contributed by atoms with Crippen molar-refractivity contribution in [2.75, 3.05) is 17.7 Å². The van der Waals surface area contributed by atoms with Crippen LogP contribution in [0.25, 0.3) is 16.8 Å². The molecule has 0 saturated carbocycles. The molecule has 1 amide bonds. The smallest absolute Gasteiger partial charge is 0.234 e. The molecule has 164 valence electrons. The lowest BCUT2D eigenvalue weighted by Crippen LogP contribution is -2.14. The Bertz CT molecular complexity index is 1220. The number of carbonyl (C=O) groups excluding carboxylic acids is 1. The Morgan fingerprint density at radius 3 is 2.81 bits per heavy atom. The van der Waals surface area contributed by atoms with Gasteiger partial charge in [0.1, 0.15) is 10.8 Å². The second kappa shape index (κ2) is 10.3. The molecule has 0 atom stereocenters. The number of aryl methyl sites for hydroxylation is 1. The second-order valence-electron chi connectivity index (χ2n) is 7.44. The molecule has 0 radical (unpaired) electrons. The largest absolute Gasteiger partial charge is 0.493 e. The van der Waals surface area contributed by atoms with Crippen LogP contribution in [0, 0.1) is 6.92 Å². The molecule has 2 aromatic carbocycles. The third-order valence-corrected chi connectivity index (χ3v) is 6.03. The summed E-state index contributed by atoms with van der Waals surface area (Å²) < 4.78 is 7.78. The number of benzene rings is 2. The number of hydrogen-bond donors (Lipinski definition) is 1. The second-order valence-corrected chi connectivity index (χ2v) is 8.41. The summed E-state index contributed by atoms with van der Waals surface area (Å²) in [5.74, 6) is 1.02. The molecule has 2 aromatic heterocycles. The number of carbonyl (C=O) groups is 1. The van der Waals surface area contributed by atoms with Gasteiger partial charge in [0.05, 0.1) is 23.6 Å². The quantitative estimate of drug-likeness (QED) is 0.267. The van der Waals surface area contributed by atoms with Crippen LogP contribution in [-0.4, -0.2) is 32.9 Å². The van der Waals surface area contributed by atoms with Crippen molar-refractivity contribution in [1.82, 2.24) is 14.6 Å². The zero-order valence-electron chi connectivity index (χ0n) is 18.2. The molecule has 0 unspecified atom stereocenters. The normalized spacial score (nSPS) is 10.9. The van der Waals surface area contributed by atoms with E-state index in [1.165, 1.54) is 11.8 Å². The molecule has 7 heteroatoms. The van der Waals surface area contributed by atoms with Gasteiger partial charge in [0.15, 0.2) is 0 Å². The van der Waals surface area contributed by atoms with Crippen molar-refractivity contribution < 1.29 is 9.53 Å². The summed E-state index contributed by atoms with van der Waals surface area (Å²) in [5, 5.41) is 8.45. The van der Waals surface area contributed by atoms with Crippen LogP contribution in [0.2, 0.25) is 0 Å². The molecule has 6 nitrogen and oxygen atoms in total. The molecule has 0 bridgehead atoms. The molecule has 0 saturated heterocycles. The Kier molecular flexibility index (Phi) is 7.07. The Hall–Kier alpha value is -3.32. The zero-order valence-corrected chi connectivity index (χ0v) is 19.1. The maximum absolute atomic E-state index is 12.5. The van der Waals surface area contributed by atoms with Crippen LogP contribution in [0.1, 0.15) is 25.3 Å². The van der Waals surface area contributed by atoms with E-state index >= 15 is 0 Å². The van der Waals surface area contributed by atoms with Crippen LogP contribution in [-0.2, 0) is 4.79 Å². The average Bonchev–Trinajstić information content (AvgIpc) is 3.24. The first-order chi connectivity index (χ1) is 15.7. The number of ether oxygens (including phenoxy) is 1. The first-order valence-electron chi connectivity index (χ1n) is 10.7. The summed E-state index contributed by atoms with van der Waals surface area (Å²) in [6.45, 7) is 4.80. The molecule has 0 aliphatic heterocycles. The minimum Gasteiger partial charge on any atom is -0.493 e. The lowest BCUT2D eigenvalue weighted by atomic mass is 10.1. The summed E-state index contributed by atoms with van der Waals surface area (Å²) in [5.41, 5.74) is 4.48. The summed E-state index contributed by atoms with van der Waals surface area (Å²) in [6.07, 6.45) is 5.61. The molecule has 2 heterocycles. The number of thioether (sulfide) groups is 1. The van der Waals surface area contributed by atoms with E-state index in [2.05, 4.69) is 17.2 Å². The molecular formula is C25H26N4O2S. The topological polar surface area (TPSA) is 68.5 Å². The van der Waals surface area contributed by atoms with Crippen LogP contribution in [0.5, 0.6) is 5.75 Å². The van der Waals surface area contributed by atoms with Gasteiger partial charge in [-0.05, 0) is 43.2 Å². The number of hydrogen-bond acceptors (Lipinski definition) is 5. The number of aromatic nitrogens is 3. The van der Waals surface area contributed by atoms with Gasteiger partial charge in [-0.25, -0.2) is 9.50 Å². The van der Waals surface area contributed by atoms with Crippen molar-refractivity contribution in [2.24, 2.45) is 0 Å². The van der Waals surface area contributed by atoms with Crippen LogP contribution in [0.3, 0.4) is 0 Å². The molecule has 32 heavy (non-hydrogen) atoms. The van der Waals surface area contributed by atoms with E-state index in [0.29, 0.717) is 6.61 Å². The minimum absolute atomic E-state index is 0.0671. The number of fused-ring (bicyclic) bond motifs is 1. The van der Waals surface area contributed by atoms with Crippen molar-refractivity contribution in [2.45, 2.75) is 31.7 Å². The number of amides is 1. The van der Waals surface area contributed by atoms with Crippen LogP contribution in [0.15, 0.2) is 72.0 Å². The molecule has 0 spiro atoms. The highest BCUT2D eigenvalue weighted by Crippen LogP contribution is 2.32. The van der Waals surface area contributed by atoms with Gasteiger partial charge in [0.2, 0.25) is 5.91 Å². The van der Waals surface area contributed by atoms with Crippen LogP contribution >= 0.6 is 11.8 Å². The third kappa shape index (κ3) is 5.11. The van der Waals surface area contributed by atoms with E-state index in [-0.39, 0.29) is 11.7 Å². The Balaban J connectivity index is 1.52. The predicted molar refractivity (Wildman–Crippen MR) is 129 cm³/mol. The highest BCUT2D eigenvalue weighted by Gasteiger charge is 2.14. The lowest BCUT2D eigenvalue weighted by molar-refractivity contribution is -0.113. The summed E-state index contributed by atoms with van der Waals surface area (Å²) in [4.78, 5) is 17.0. The number of unbranched alkanes of at least 4 members (excludes halogenated alkanes) is 1. The number of nitrogens with one attached hydrogen (secondary N) is 1. The molecule has 4 rings (SSSR count). The van der Waals surface area contributed by atoms with Gasteiger partial charge in [-0.2, -0.15) is 5.10 Å². The summed E-state index contributed by atoms with van der Waals surface area (Å²) in [7, 11) is 0. The van der Waals surface area contributed by atoms with Gasteiger partial charge in [-0.3, -0.25) is 4.79 Å².